The van der Waals surface area contributed by atoms with E-state index >= 15 is 4.39 Å². The highest BCUT2D eigenvalue weighted by Gasteiger charge is 2.49. The Balaban J connectivity index is 1.07. The normalized spacial score (nSPS) is 23.3. The third-order valence-electron chi connectivity index (χ3n) is 14.0. The Morgan fingerprint density at radius 2 is 1.64 bits per heavy atom. The van der Waals surface area contributed by atoms with E-state index in [0.29, 0.717) is 27.6 Å². The molecule has 0 bridgehead atoms. The molecule has 3 aromatic rings. The summed E-state index contributed by atoms with van der Waals surface area (Å²) in [5, 5.41) is 75.1. The van der Waals surface area contributed by atoms with E-state index in [-0.39, 0.29) is 72.9 Å². The second-order valence-corrected chi connectivity index (χ2v) is 20.1. The van der Waals surface area contributed by atoms with Gasteiger partial charge in [0.15, 0.2) is 18.0 Å². The number of aliphatic hydroxyl groups is 4. The summed E-state index contributed by atoms with van der Waals surface area (Å²) >= 11 is 0.229. The smallest absolute Gasteiger partial charge is 0.343 e. The van der Waals surface area contributed by atoms with Crippen molar-refractivity contribution < 1.29 is 92.4 Å². The maximum Gasteiger partial charge on any atom is 0.343 e. The molecule has 422 valence electrons. The SMILES string of the molecule is [3H]SC(CC(=O)O)C(=O)NCC(=O)NCCC(=O)N[C@H](C(=O)N[C@@H](CO[C@@H]1O[C@H](C(=O)O)[C@@H](O)[C@H](O)[C@H]1O)C(=O)NCC(=O)N[C@H]1CCc2c(C)c(F)cc3nc4c(c1c23)Cn1c-4cc2c(c1=O)COC(=O)[C@]2(O)CC)C(C)C. The molecule has 6 amide bonds. The van der Waals surface area contributed by atoms with E-state index in [4.69, 9.17) is 25.4 Å². The molecule has 29 heteroatoms. The number of benzene rings is 1. The van der Waals surface area contributed by atoms with Gasteiger partial charge >= 0.3 is 17.9 Å². The lowest BCUT2D eigenvalue weighted by Gasteiger charge is -2.38. The van der Waals surface area contributed by atoms with Crippen molar-refractivity contribution in [2.75, 3.05) is 26.2 Å². The Morgan fingerprint density at radius 1 is 0.936 bits per heavy atom. The van der Waals surface area contributed by atoms with Crippen molar-refractivity contribution in [1.29, 1.82) is 1.12 Å². The lowest BCUT2D eigenvalue weighted by atomic mass is 9.81. The molecule has 0 radical (unpaired) electrons. The number of aliphatic hydroxyl groups excluding tert-OH is 3. The molecular formula is C49H59FN8O19S. The van der Waals surface area contributed by atoms with Gasteiger partial charge < -0.3 is 81.3 Å². The molecule has 10 atom stereocenters. The Bertz CT molecular complexity index is 3060. The molecule has 1 fully saturated rings. The minimum absolute atomic E-state index is 0.0492. The summed E-state index contributed by atoms with van der Waals surface area (Å²) in [5.74, 6) is -10.6. The number of nitrogens with one attached hydrogen (secondary N) is 6. The van der Waals surface area contributed by atoms with Crippen LogP contribution in [0.4, 0.5) is 4.39 Å². The van der Waals surface area contributed by atoms with Crippen molar-refractivity contribution in [3.8, 4) is 11.4 Å². The van der Waals surface area contributed by atoms with Crippen LogP contribution in [0.25, 0.3) is 22.3 Å². The maximum absolute atomic E-state index is 15.5. The van der Waals surface area contributed by atoms with Gasteiger partial charge in [-0.3, -0.25) is 38.4 Å². The number of esters is 1. The molecule has 0 spiro atoms. The van der Waals surface area contributed by atoms with Gasteiger partial charge in [0.1, 0.15) is 43.9 Å². The highest BCUT2D eigenvalue weighted by Crippen LogP contribution is 2.46. The molecule has 0 saturated carbocycles. The highest BCUT2D eigenvalue weighted by molar-refractivity contribution is 7.81. The maximum atomic E-state index is 15.5. The topological polar surface area (TPSA) is 410 Å². The molecule has 7 rings (SSSR count). The molecular weight excluding hydrogens is 1060 g/mol. The molecule has 1 aliphatic carbocycles. The summed E-state index contributed by atoms with van der Waals surface area (Å²) in [6.07, 6.45) is -11.1. The average Bonchev–Trinajstić information content (AvgIpc) is 4.07. The van der Waals surface area contributed by atoms with Gasteiger partial charge in [-0.05, 0) is 54.9 Å². The molecule has 1 aromatic carbocycles. The number of pyridine rings is 2. The molecule has 1 saturated heterocycles. The predicted molar refractivity (Wildman–Crippen MR) is 266 cm³/mol. The number of ether oxygens (including phenoxy) is 3. The van der Waals surface area contributed by atoms with Gasteiger partial charge in [-0.25, -0.2) is 19.0 Å². The highest BCUT2D eigenvalue weighted by atomic mass is 32.1. The number of aliphatic carboxylic acids is 2. The number of halogens is 1. The molecule has 12 N–H and O–H groups in total. The van der Waals surface area contributed by atoms with Crippen molar-refractivity contribution in [3.05, 3.63) is 61.7 Å². The van der Waals surface area contributed by atoms with Gasteiger partial charge in [-0.2, -0.15) is 12.5 Å². The largest absolute Gasteiger partial charge is 0.481 e. The fourth-order valence-corrected chi connectivity index (χ4v) is 9.98. The third-order valence-corrected chi connectivity index (χ3v) is 14.4. The Labute approximate surface area is 448 Å². The van der Waals surface area contributed by atoms with Crippen LogP contribution in [0.3, 0.4) is 0 Å². The van der Waals surface area contributed by atoms with Gasteiger partial charge in [0.2, 0.25) is 35.4 Å². The number of amides is 6. The van der Waals surface area contributed by atoms with Crippen molar-refractivity contribution >= 4 is 76.8 Å². The summed E-state index contributed by atoms with van der Waals surface area (Å²) in [7, 11) is 0. The van der Waals surface area contributed by atoms with Crippen molar-refractivity contribution in [3.63, 3.8) is 0 Å². The quantitative estimate of drug-likeness (QED) is 0.0270. The monoisotopic (exact) mass is 1120 g/mol. The average molecular weight is 1120 g/mol. The van der Waals surface area contributed by atoms with Crippen molar-refractivity contribution in [2.45, 2.75) is 133 Å². The molecule has 3 aliphatic heterocycles. The number of cyclic esters (lactones) is 1. The van der Waals surface area contributed by atoms with E-state index < -0.39 is 169 Å². The van der Waals surface area contributed by atoms with E-state index in [1.54, 1.807) is 13.8 Å². The third kappa shape index (κ3) is 12.0. The number of rotatable bonds is 22. The minimum Gasteiger partial charge on any atom is -0.481 e. The van der Waals surface area contributed by atoms with Crippen LogP contribution < -0.4 is 37.5 Å². The lowest BCUT2D eigenvalue weighted by Crippen LogP contribution is -2.61. The fraction of sp³-hybridized carbons (Fsp3) is 0.531. The van der Waals surface area contributed by atoms with Crippen LogP contribution in [-0.2, 0) is 82.5 Å². The number of thiol groups is 1. The van der Waals surface area contributed by atoms with Gasteiger partial charge in [-0.1, -0.05) is 20.8 Å². The van der Waals surface area contributed by atoms with Crippen LogP contribution in [0.15, 0.2) is 16.9 Å². The summed E-state index contributed by atoms with van der Waals surface area (Å²) in [6, 6.07) is -1.34. The number of aromatic nitrogens is 2. The van der Waals surface area contributed by atoms with E-state index in [0.717, 1.165) is 0 Å². The Morgan fingerprint density at radius 3 is 2.31 bits per heavy atom. The zero-order valence-corrected chi connectivity index (χ0v) is 43.2. The van der Waals surface area contributed by atoms with Crippen LogP contribution in [0, 0.1) is 18.7 Å². The van der Waals surface area contributed by atoms with Crippen molar-refractivity contribution in [2.24, 2.45) is 5.92 Å². The summed E-state index contributed by atoms with van der Waals surface area (Å²) in [4.78, 5) is 134. The standard InChI is InChI=1S/C49H59FN8O19S/c1-5-49(74)23-10-28-37-21(15-58(28)45(70)22(23)16-76-48(49)73)35-25(7-6-20-19(4)24(50)11-26(55-37)34(20)35)54-32(61)14-52-42(67)27(17-75-47-40(66)38(64)39(65)41(77-47)46(71)72)56-44(69)36(18(2)3)57-30(59)8-9-51-31(60)13-53-43(68)29(78)12-33(62)63/h10-11,18,25,27,29,36,38-41,47,64-66,74,78H,5-9,12-17H2,1-4H3,(H,51,60)(H,52,67)(H,53,68)(H,54,61)(H,56,69)(H,57,59)(H,62,63)(H,71,72)/t25-,27-,29?,36-,38-,39-,40+,41-,47+,49-/m0/s1/i/hT. The number of hydrogen-bond acceptors (Lipinski definition) is 19. The van der Waals surface area contributed by atoms with Gasteiger partial charge in [0, 0.05) is 35.5 Å². The summed E-state index contributed by atoms with van der Waals surface area (Å²) in [5.41, 5.74) is 0.0190. The first-order chi connectivity index (χ1) is 37.3. The van der Waals surface area contributed by atoms with Gasteiger partial charge in [0.25, 0.3) is 5.56 Å². The van der Waals surface area contributed by atoms with Gasteiger partial charge in [0.05, 0.1) is 66.4 Å². The number of nitrogens with zero attached hydrogens (tertiary/aromatic N) is 2. The van der Waals surface area contributed by atoms with Crippen LogP contribution >= 0.6 is 12.5 Å². The number of fused-ring (bicyclic) bond motifs is 5. The predicted octanol–water partition coefficient (Wildman–Crippen LogP) is -3.32. The van der Waals surface area contributed by atoms with E-state index in [1.165, 1.54) is 30.5 Å². The zero-order valence-electron chi connectivity index (χ0n) is 43.4. The first-order valence-corrected chi connectivity index (χ1v) is 25.2. The second kappa shape index (κ2) is 23.8. The number of carbonyl (C=O) groups is 9. The van der Waals surface area contributed by atoms with Crippen LogP contribution in [0.2, 0.25) is 0 Å². The molecule has 5 heterocycles. The Hall–Kier alpha value is -7.15. The van der Waals surface area contributed by atoms with E-state index in [9.17, 15) is 73.5 Å². The summed E-state index contributed by atoms with van der Waals surface area (Å²) < 4.78 is 40.1. The Kier molecular flexibility index (Phi) is 17.4. The van der Waals surface area contributed by atoms with Crippen molar-refractivity contribution in [1.82, 2.24) is 41.5 Å². The molecule has 1 unspecified atom stereocenters. The number of carboxylic acids is 2. The minimum atomic E-state index is -2.14. The first kappa shape index (κ1) is 57.0. The molecule has 27 nitrogen and oxygen atoms in total. The van der Waals surface area contributed by atoms with Crippen LogP contribution in [0.5, 0.6) is 0 Å². The number of carbonyl (C=O) groups excluding carboxylic acids is 7. The second-order valence-electron chi connectivity index (χ2n) is 19.5. The summed E-state index contributed by atoms with van der Waals surface area (Å²) in [6.45, 7) is 3.12. The number of aryl methyl sites for hydroxylation is 1. The fourth-order valence-electron chi connectivity index (χ4n) is 9.75. The van der Waals surface area contributed by atoms with Crippen LogP contribution in [-0.4, -0.2) is 169 Å². The zero-order chi connectivity index (χ0) is 57.9. The van der Waals surface area contributed by atoms with Gasteiger partial charge in [-0.15, -0.1) is 0 Å². The van der Waals surface area contributed by atoms with E-state index in [1.807, 2.05) is 0 Å². The molecule has 4 aliphatic rings. The lowest BCUT2D eigenvalue weighted by molar-refractivity contribution is -0.294. The number of carboxylic acid groups (broad SMARTS) is 2. The van der Waals surface area contributed by atoms with Crippen LogP contribution in [0.1, 0.15) is 85.9 Å². The van der Waals surface area contributed by atoms with E-state index in [2.05, 4.69) is 31.9 Å². The molecule has 2 aromatic heterocycles. The first-order valence-electron chi connectivity index (χ1n) is 25.1. The molecule has 78 heavy (non-hydrogen) atoms. The number of hydrogen-bond donors (Lipinski definition) is 13.